The van der Waals surface area contributed by atoms with Crippen molar-refractivity contribution in [2.45, 2.75) is 42.1 Å². The van der Waals surface area contributed by atoms with Crippen LogP contribution >= 0.6 is 23.2 Å². The monoisotopic (exact) mass is 507 g/mol. The maximum absolute atomic E-state index is 14.1. The van der Waals surface area contributed by atoms with E-state index in [-0.39, 0.29) is 12.1 Å². The fourth-order valence-electron chi connectivity index (χ4n) is 3.22. The Morgan fingerprint density at radius 1 is 1.19 bits per heavy atom. The molecule has 6 nitrogen and oxygen atoms in total. The molecule has 0 amide bonds. The number of benzene rings is 1. The molecule has 0 aliphatic heterocycles. The molecular formula is C17H16Cl2F5N3O3S. The van der Waals surface area contributed by atoms with E-state index in [4.69, 9.17) is 23.2 Å². The van der Waals surface area contributed by atoms with Crippen molar-refractivity contribution in [2.75, 3.05) is 5.32 Å². The number of sulfonamides is 1. The molecule has 0 spiro atoms. The Morgan fingerprint density at radius 2 is 1.81 bits per heavy atom. The number of aryl methyl sites for hydroxylation is 1. The van der Waals surface area contributed by atoms with Crippen LogP contribution in [0.2, 0.25) is 10.0 Å². The SMILES string of the molecule is Cn1cc(S(=O)(=O)NC2(C(F)(F)F)CCC2)c(Cl)c1C(O)Nc1ccc(F)c(Cl)c1F. The number of hydrogen-bond donors (Lipinski definition) is 3. The Labute approximate surface area is 184 Å². The minimum Gasteiger partial charge on any atom is -0.368 e. The van der Waals surface area contributed by atoms with Gasteiger partial charge in [-0.1, -0.05) is 23.2 Å². The summed E-state index contributed by atoms with van der Waals surface area (Å²) >= 11 is 11.5. The lowest BCUT2D eigenvalue weighted by Gasteiger charge is -2.43. The van der Waals surface area contributed by atoms with E-state index >= 15 is 0 Å². The molecule has 1 atom stereocenters. The van der Waals surface area contributed by atoms with Gasteiger partial charge in [0.1, 0.15) is 21.3 Å². The van der Waals surface area contributed by atoms with Crippen LogP contribution in [0.15, 0.2) is 23.2 Å². The van der Waals surface area contributed by atoms with E-state index in [9.17, 15) is 35.5 Å². The van der Waals surface area contributed by atoms with Crippen molar-refractivity contribution in [3.8, 4) is 0 Å². The largest absolute Gasteiger partial charge is 0.407 e. The zero-order chi connectivity index (χ0) is 23.4. The highest BCUT2D eigenvalue weighted by atomic mass is 35.5. The first-order valence-corrected chi connectivity index (χ1v) is 11.0. The number of aliphatic hydroxyl groups excluding tert-OH is 1. The standard InChI is InChI=1S/C17H16Cl2F5N3O3S/c1-27-7-10(31(29,30)26-16(5-2-6-16)17(22,23)24)12(19)14(27)15(28)25-9-4-3-8(20)11(18)13(9)21/h3-4,7,15,25-26,28H,2,5-6H2,1H3. The molecule has 0 radical (unpaired) electrons. The molecule has 1 saturated carbocycles. The van der Waals surface area contributed by atoms with Gasteiger partial charge in [-0.15, -0.1) is 0 Å². The highest BCUT2D eigenvalue weighted by Crippen LogP contribution is 2.46. The molecule has 1 aromatic heterocycles. The summed E-state index contributed by atoms with van der Waals surface area (Å²) in [7, 11) is -3.45. The van der Waals surface area contributed by atoms with Crippen molar-refractivity contribution in [1.29, 1.82) is 0 Å². The molecule has 14 heteroatoms. The summed E-state index contributed by atoms with van der Waals surface area (Å²) in [5.41, 5.74) is -3.28. The molecule has 1 aromatic carbocycles. The van der Waals surface area contributed by atoms with Gasteiger partial charge in [0.25, 0.3) is 0 Å². The molecule has 1 fully saturated rings. The number of rotatable bonds is 6. The van der Waals surface area contributed by atoms with E-state index in [1.165, 1.54) is 7.05 Å². The van der Waals surface area contributed by atoms with Gasteiger partial charge >= 0.3 is 6.18 Å². The molecule has 0 bridgehead atoms. The van der Waals surface area contributed by atoms with Crippen LogP contribution in [-0.4, -0.2) is 29.8 Å². The number of alkyl halides is 3. The van der Waals surface area contributed by atoms with Crippen molar-refractivity contribution in [1.82, 2.24) is 9.29 Å². The Hall–Kier alpha value is -1.60. The van der Waals surface area contributed by atoms with Gasteiger partial charge in [0, 0.05) is 13.2 Å². The van der Waals surface area contributed by atoms with E-state index in [0.29, 0.717) is 0 Å². The maximum Gasteiger partial charge on any atom is 0.407 e. The third kappa shape index (κ3) is 4.23. The van der Waals surface area contributed by atoms with Crippen molar-refractivity contribution in [3.63, 3.8) is 0 Å². The first-order valence-electron chi connectivity index (χ1n) is 8.74. The molecule has 0 saturated heterocycles. The summed E-state index contributed by atoms with van der Waals surface area (Å²) in [6, 6.07) is 1.78. The molecule has 1 heterocycles. The molecule has 2 aromatic rings. The van der Waals surface area contributed by atoms with Crippen LogP contribution < -0.4 is 10.0 Å². The van der Waals surface area contributed by atoms with Gasteiger partial charge in [-0.3, -0.25) is 0 Å². The van der Waals surface area contributed by atoms with Gasteiger partial charge in [0.2, 0.25) is 10.0 Å². The van der Waals surface area contributed by atoms with E-state index < -0.39 is 73.1 Å². The summed E-state index contributed by atoms with van der Waals surface area (Å²) in [5.74, 6) is -2.25. The molecule has 3 rings (SSSR count). The van der Waals surface area contributed by atoms with Crippen LogP contribution in [-0.2, 0) is 17.1 Å². The van der Waals surface area contributed by atoms with Crippen LogP contribution in [0.5, 0.6) is 0 Å². The van der Waals surface area contributed by atoms with Crippen LogP contribution in [0.3, 0.4) is 0 Å². The zero-order valence-electron chi connectivity index (χ0n) is 15.7. The topological polar surface area (TPSA) is 83.4 Å². The second-order valence-electron chi connectivity index (χ2n) is 7.11. The Bertz CT molecular complexity index is 1120. The van der Waals surface area contributed by atoms with Gasteiger partial charge in [-0.25, -0.2) is 17.2 Å². The molecule has 3 N–H and O–H groups in total. The third-order valence-electron chi connectivity index (χ3n) is 5.09. The Balaban J connectivity index is 1.92. The summed E-state index contributed by atoms with van der Waals surface area (Å²) in [4.78, 5) is -0.694. The maximum atomic E-state index is 14.1. The number of nitrogens with one attached hydrogen (secondary N) is 2. The second-order valence-corrected chi connectivity index (χ2v) is 9.52. The Morgan fingerprint density at radius 3 is 2.32 bits per heavy atom. The van der Waals surface area contributed by atoms with Crippen LogP contribution in [0, 0.1) is 11.6 Å². The summed E-state index contributed by atoms with van der Waals surface area (Å²) in [6.45, 7) is 0. The van der Waals surface area contributed by atoms with E-state index in [1.807, 2.05) is 0 Å². The van der Waals surface area contributed by atoms with Crippen LogP contribution in [0.25, 0.3) is 0 Å². The normalized spacial score (nSPS) is 17.3. The average molecular weight is 508 g/mol. The minimum absolute atomic E-state index is 0.199. The predicted molar refractivity (Wildman–Crippen MR) is 103 cm³/mol. The summed E-state index contributed by atoms with van der Waals surface area (Å²) in [6.07, 6.45) is -6.32. The molecule has 172 valence electrons. The molecule has 1 aliphatic carbocycles. The molecular weight excluding hydrogens is 492 g/mol. The highest BCUT2D eigenvalue weighted by molar-refractivity contribution is 7.89. The third-order valence-corrected chi connectivity index (χ3v) is 7.49. The number of anilines is 1. The van der Waals surface area contributed by atoms with Crippen molar-refractivity contribution in [2.24, 2.45) is 7.05 Å². The quantitative estimate of drug-likeness (QED) is 0.306. The zero-order valence-corrected chi connectivity index (χ0v) is 18.0. The lowest BCUT2D eigenvalue weighted by Crippen LogP contribution is -2.62. The number of aromatic nitrogens is 1. The number of hydrogen-bond acceptors (Lipinski definition) is 4. The van der Waals surface area contributed by atoms with Crippen molar-refractivity contribution >= 4 is 38.9 Å². The molecule has 1 unspecified atom stereocenters. The van der Waals surface area contributed by atoms with Crippen molar-refractivity contribution < 1.29 is 35.5 Å². The van der Waals surface area contributed by atoms with Crippen LogP contribution in [0.1, 0.15) is 31.2 Å². The van der Waals surface area contributed by atoms with Gasteiger partial charge in [-0.05, 0) is 31.4 Å². The fourth-order valence-corrected chi connectivity index (χ4v) is 5.56. The average Bonchev–Trinajstić information content (AvgIpc) is 2.93. The van der Waals surface area contributed by atoms with E-state index in [1.54, 1.807) is 4.72 Å². The predicted octanol–water partition coefficient (Wildman–Crippen LogP) is 4.48. The van der Waals surface area contributed by atoms with E-state index in [0.717, 1.165) is 22.9 Å². The molecule has 1 aliphatic rings. The number of halogens is 7. The lowest BCUT2D eigenvalue weighted by atomic mass is 9.77. The minimum atomic E-state index is -4.80. The first-order chi connectivity index (χ1) is 14.2. The van der Waals surface area contributed by atoms with E-state index in [2.05, 4.69) is 5.32 Å². The van der Waals surface area contributed by atoms with Gasteiger partial charge in [0.15, 0.2) is 12.0 Å². The smallest absolute Gasteiger partial charge is 0.368 e. The summed E-state index contributed by atoms with van der Waals surface area (Å²) < 4.78 is 95.5. The number of nitrogens with zero attached hydrogens (tertiary/aromatic N) is 1. The van der Waals surface area contributed by atoms with Gasteiger partial charge < -0.3 is 15.0 Å². The fraction of sp³-hybridized carbons (Fsp3) is 0.412. The second kappa shape index (κ2) is 8.07. The van der Waals surface area contributed by atoms with Gasteiger partial charge in [0.05, 0.1) is 16.4 Å². The highest BCUT2D eigenvalue weighted by Gasteiger charge is 2.60. The summed E-state index contributed by atoms with van der Waals surface area (Å²) in [5, 5.41) is 11.3. The van der Waals surface area contributed by atoms with Gasteiger partial charge in [-0.2, -0.15) is 17.9 Å². The number of aliphatic hydroxyl groups is 1. The molecule has 31 heavy (non-hydrogen) atoms. The lowest BCUT2D eigenvalue weighted by molar-refractivity contribution is -0.212. The van der Waals surface area contributed by atoms with Crippen molar-refractivity contribution in [3.05, 3.63) is 45.7 Å². The first kappa shape index (κ1) is 24.1. The van der Waals surface area contributed by atoms with Crippen LogP contribution in [0.4, 0.5) is 27.6 Å². The Kier molecular flexibility index (Phi) is 6.26.